The molecule has 1 N–H and O–H groups in total. The number of benzene rings is 2. The van der Waals surface area contributed by atoms with Gasteiger partial charge in [-0.15, -0.1) is 0 Å². The maximum atomic E-state index is 13.6. The molecule has 33 heavy (non-hydrogen) atoms. The summed E-state index contributed by atoms with van der Waals surface area (Å²) in [6, 6.07) is 15.2. The molecule has 0 bridgehead atoms. The number of rotatable bonds is 6. The van der Waals surface area contributed by atoms with E-state index in [0.717, 1.165) is 47.6 Å². The van der Waals surface area contributed by atoms with E-state index >= 15 is 0 Å². The minimum absolute atomic E-state index is 0.0103. The van der Waals surface area contributed by atoms with Crippen LogP contribution in [-0.4, -0.2) is 18.3 Å². The first-order valence-corrected chi connectivity index (χ1v) is 12.0. The fraction of sp³-hybridized carbons (Fsp3) is 0.429. The first-order valence-electron chi connectivity index (χ1n) is 12.0. The highest BCUT2D eigenvalue weighted by Crippen LogP contribution is 2.48. The van der Waals surface area contributed by atoms with Gasteiger partial charge in [0.05, 0.1) is 24.0 Å². The molecule has 1 aliphatic heterocycles. The van der Waals surface area contributed by atoms with Crippen molar-refractivity contribution < 1.29 is 14.3 Å². The molecule has 0 unspecified atom stereocenters. The van der Waals surface area contributed by atoms with E-state index in [-0.39, 0.29) is 17.1 Å². The van der Waals surface area contributed by atoms with Gasteiger partial charge in [0, 0.05) is 24.1 Å². The third kappa shape index (κ3) is 4.68. The van der Waals surface area contributed by atoms with Gasteiger partial charge >= 0.3 is 0 Å². The molecule has 1 aliphatic carbocycles. The van der Waals surface area contributed by atoms with Crippen LogP contribution in [0, 0.1) is 5.41 Å². The van der Waals surface area contributed by atoms with Crippen LogP contribution in [0.2, 0.25) is 0 Å². The maximum Gasteiger partial charge on any atom is 0.227 e. The molecule has 2 aliphatic rings. The molecule has 2 aromatic carbocycles. The summed E-state index contributed by atoms with van der Waals surface area (Å²) in [4.78, 5) is 28.7. The Kier molecular flexibility index (Phi) is 6.59. The molecule has 5 heteroatoms. The SMILES string of the molecule is CCCCOc1ccc([C@H]2C3=C(CC(C)(C)CC3=O)Nc3ccccc3N2C(=O)CC)cc1. The number of hydrogen-bond acceptors (Lipinski definition) is 4. The number of nitrogens with one attached hydrogen (secondary N) is 1. The molecule has 2 aromatic rings. The molecular formula is C28H34N2O3. The Morgan fingerprint density at radius 3 is 2.52 bits per heavy atom. The van der Waals surface area contributed by atoms with Gasteiger partial charge < -0.3 is 10.1 Å². The average molecular weight is 447 g/mol. The fourth-order valence-electron chi connectivity index (χ4n) is 4.83. The van der Waals surface area contributed by atoms with Crippen LogP contribution in [0.1, 0.15) is 71.4 Å². The second-order valence-corrected chi connectivity index (χ2v) is 9.77. The Labute approximate surface area is 196 Å². The van der Waals surface area contributed by atoms with Crippen molar-refractivity contribution in [3.8, 4) is 5.75 Å². The van der Waals surface area contributed by atoms with Crippen molar-refractivity contribution in [1.29, 1.82) is 0 Å². The quantitative estimate of drug-likeness (QED) is 0.520. The molecule has 1 atom stereocenters. The highest BCUT2D eigenvalue weighted by Gasteiger charge is 2.42. The molecule has 0 aromatic heterocycles. The van der Waals surface area contributed by atoms with Crippen molar-refractivity contribution in [1.82, 2.24) is 0 Å². The number of anilines is 2. The summed E-state index contributed by atoms with van der Waals surface area (Å²) in [5.74, 6) is 0.894. The van der Waals surface area contributed by atoms with Crippen molar-refractivity contribution in [2.45, 2.75) is 65.8 Å². The molecule has 174 valence electrons. The van der Waals surface area contributed by atoms with Crippen molar-refractivity contribution >= 4 is 23.1 Å². The Morgan fingerprint density at radius 1 is 1.09 bits per heavy atom. The summed E-state index contributed by atoms with van der Waals surface area (Å²) in [5, 5.41) is 3.54. The summed E-state index contributed by atoms with van der Waals surface area (Å²) in [5.41, 5.74) is 4.06. The number of hydrogen-bond donors (Lipinski definition) is 1. The largest absolute Gasteiger partial charge is 0.494 e. The number of ketones is 1. The van der Waals surface area contributed by atoms with Gasteiger partial charge in [0.25, 0.3) is 0 Å². The summed E-state index contributed by atoms with van der Waals surface area (Å²) in [7, 11) is 0. The number of carbonyl (C=O) groups excluding carboxylic acids is 2. The van der Waals surface area contributed by atoms with E-state index in [9.17, 15) is 9.59 Å². The number of carbonyl (C=O) groups is 2. The van der Waals surface area contributed by atoms with Crippen LogP contribution in [0.4, 0.5) is 11.4 Å². The lowest BCUT2D eigenvalue weighted by Crippen LogP contribution is -2.39. The van der Waals surface area contributed by atoms with Gasteiger partial charge in [-0.05, 0) is 48.1 Å². The summed E-state index contributed by atoms with van der Waals surface area (Å²) in [6.07, 6.45) is 3.66. The molecule has 1 amide bonds. The maximum absolute atomic E-state index is 13.6. The molecule has 0 saturated carbocycles. The van der Waals surface area contributed by atoms with Crippen molar-refractivity contribution in [3.05, 3.63) is 65.4 Å². The Morgan fingerprint density at radius 2 is 1.82 bits per heavy atom. The van der Waals surface area contributed by atoms with Crippen LogP contribution < -0.4 is 15.0 Å². The highest BCUT2D eigenvalue weighted by atomic mass is 16.5. The molecular weight excluding hydrogens is 412 g/mol. The van der Waals surface area contributed by atoms with Crippen LogP contribution in [-0.2, 0) is 9.59 Å². The van der Waals surface area contributed by atoms with Crippen molar-refractivity contribution in [3.63, 3.8) is 0 Å². The van der Waals surface area contributed by atoms with E-state index < -0.39 is 6.04 Å². The molecule has 1 heterocycles. The van der Waals surface area contributed by atoms with E-state index in [1.165, 1.54) is 0 Å². The van der Waals surface area contributed by atoms with Crippen LogP contribution >= 0.6 is 0 Å². The lowest BCUT2D eigenvalue weighted by molar-refractivity contribution is -0.119. The van der Waals surface area contributed by atoms with Gasteiger partial charge in [-0.2, -0.15) is 0 Å². The van der Waals surface area contributed by atoms with Gasteiger partial charge in [0.15, 0.2) is 5.78 Å². The highest BCUT2D eigenvalue weighted by molar-refractivity contribution is 6.06. The summed E-state index contributed by atoms with van der Waals surface area (Å²) < 4.78 is 5.85. The molecule has 4 rings (SSSR count). The van der Waals surface area contributed by atoms with E-state index in [4.69, 9.17) is 4.74 Å². The summed E-state index contributed by atoms with van der Waals surface area (Å²) >= 11 is 0. The molecule has 5 nitrogen and oxygen atoms in total. The normalized spacial score (nSPS) is 19.3. The molecule has 0 radical (unpaired) electrons. The van der Waals surface area contributed by atoms with Gasteiger partial charge in [0.2, 0.25) is 5.91 Å². The number of ether oxygens (including phenoxy) is 1. The predicted molar refractivity (Wildman–Crippen MR) is 132 cm³/mol. The predicted octanol–water partition coefficient (Wildman–Crippen LogP) is 6.42. The lowest BCUT2D eigenvalue weighted by atomic mass is 9.73. The minimum atomic E-state index is -0.475. The molecule has 0 fully saturated rings. The zero-order valence-electron chi connectivity index (χ0n) is 20.1. The summed E-state index contributed by atoms with van der Waals surface area (Å²) in [6.45, 7) is 8.93. The van der Waals surface area contributed by atoms with Crippen molar-refractivity contribution in [2.75, 3.05) is 16.8 Å². The number of amides is 1. The molecule has 0 saturated heterocycles. The van der Waals surface area contributed by atoms with Gasteiger partial charge in [0.1, 0.15) is 5.75 Å². The van der Waals surface area contributed by atoms with Crippen LogP contribution in [0.15, 0.2) is 59.8 Å². The third-order valence-corrected chi connectivity index (χ3v) is 6.43. The zero-order valence-corrected chi connectivity index (χ0v) is 20.1. The monoisotopic (exact) mass is 446 g/mol. The number of para-hydroxylation sites is 2. The smallest absolute Gasteiger partial charge is 0.227 e. The number of fused-ring (bicyclic) bond motifs is 1. The van der Waals surface area contributed by atoms with E-state index in [1.807, 2.05) is 60.4 Å². The van der Waals surface area contributed by atoms with Crippen LogP contribution in [0.3, 0.4) is 0 Å². The Hall–Kier alpha value is -3.08. The number of Topliss-reactive ketones (excluding diaryl/α,β-unsaturated/α-hetero) is 1. The Bertz CT molecular complexity index is 1070. The van der Waals surface area contributed by atoms with Crippen molar-refractivity contribution in [2.24, 2.45) is 5.41 Å². The number of allylic oxidation sites excluding steroid dienone is 1. The molecule has 0 spiro atoms. The number of nitrogens with zero attached hydrogens (tertiary/aromatic N) is 1. The van der Waals surface area contributed by atoms with Crippen LogP contribution in [0.5, 0.6) is 5.75 Å². The standard InChI is InChI=1S/C28H34N2O3/c1-5-7-16-33-20-14-12-19(13-15-20)27-26-22(17-28(3,4)18-24(26)31)29-21-10-8-9-11-23(21)30(27)25(32)6-2/h8-15,27,29H,5-7,16-18H2,1-4H3/t27-/m0/s1. The van der Waals surface area contributed by atoms with E-state index in [1.54, 1.807) is 0 Å². The Balaban J connectivity index is 1.86. The number of unbranched alkanes of at least 4 members (excludes halogenated alkanes) is 1. The van der Waals surface area contributed by atoms with E-state index in [2.05, 4.69) is 26.1 Å². The van der Waals surface area contributed by atoms with E-state index in [0.29, 0.717) is 25.0 Å². The van der Waals surface area contributed by atoms with Crippen LogP contribution in [0.25, 0.3) is 0 Å². The third-order valence-electron chi connectivity index (χ3n) is 6.43. The second kappa shape index (κ2) is 9.42. The fourth-order valence-corrected chi connectivity index (χ4v) is 4.83. The minimum Gasteiger partial charge on any atom is -0.494 e. The van der Waals surface area contributed by atoms with Gasteiger partial charge in [-0.3, -0.25) is 14.5 Å². The topological polar surface area (TPSA) is 58.6 Å². The van der Waals surface area contributed by atoms with Gasteiger partial charge in [-0.25, -0.2) is 0 Å². The average Bonchev–Trinajstić information content (AvgIpc) is 2.92. The second-order valence-electron chi connectivity index (χ2n) is 9.77. The van der Waals surface area contributed by atoms with Gasteiger partial charge in [-0.1, -0.05) is 58.4 Å². The first-order chi connectivity index (χ1) is 15.8. The lowest BCUT2D eigenvalue weighted by Gasteiger charge is -2.37. The first kappa shape index (κ1) is 23.1. The zero-order chi connectivity index (χ0) is 23.6.